The van der Waals surface area contributed by atoms with E-state index in [9.17, 15) is 4.79 Å². The molecule has 0 saturated heterocycles. The number of nitrogens with zero attached hydrogens (tertiary/aromatic N) is 4. The van der Waals surface area contributed by atoms with Crippen LogP contribution in [-0.2, 0) is 0 Å². The molecule has 3 aromatic heterocycles. The van der Waals surface area contributed by atoms with Crippen molar-refractivity contribution in [3.63, 3.8) is 0 Å². The van der Waals surface area contributed by atoms with Crippen LogP contribution >= 0.6 is 0 Å². The first-order valence-corrected chi connectivity index (χ1v) is 9.27. The summed E-state index contributed by atoms with van der Waals surface area (Å²) in [5.41, 5.74) is 4.94. The second kappa shape index (κ2) is 6.60. The Morgan fingerprint density at radius 1 is 1.00 bits per heavy atom. The van der Waals surface area contributed by atoms with Crippen LogP contribution in [0.1, 0.15) is 5.69 Å². The lowest BCUT2D eigenvalue weighted by Crippen LogP contribution is -2.18. The average molecular weight is 382 g/mol. The van der Waals surface area contributed by atoms with Crippen molar-refractivity contribution < 1.29 is 4.74 Å². The molecule has 3 heterocycles. The Labute approximate surface area is 166 Å². The molecule has 29 heavy (non-hydrogen) atoms. The fourth-order valence-electron chi connectivity index (χ4n) is 3.68. The van der Waals surface area contributed by atoms with Gasteiger partial charge >= 0.3 is 0 Å². The molecule has 5 aromatic rings. The summed E-state index contributed by atoms with van der Waals surface area (Å²) >= 11 is 0. The van der Waals surface area contributed by atoms with E-state index in [-0.39, 0.29) is 5.56 Å². The van der Waals surface area contributed by atoms with Gasteiger partial charge in [-0.2, -0.15) is 5.10 Å². The predicted molar refractivity (Wildman–Crippen MR) is 113 cm³/mol. The van der Waals surface area contributed by atoms with Crippen LogP contribution in [0.3, 0.4) is 0 Å². The Morgan fingerprint density at radius 2 is 1.83 bits per heavy atom. The van der Waals surface area contributed by atoms with Crippen LogP contribution in [0.5, 0.6) is 5.75 Å². The Hall–Kier alpha value is -3.93. The van der Waals surface area contributed by atoms with Gasteiger partial charge in [-0.3, -0.25) is 9.36 Å². The highest BCUT2D eigenvalue weighted by molar-refractivity contribution is 5.86. The Bertz CT molecular complexity index is 1420. The number of hydrogen-bond donors (Lipinski definition) is 0. The van der Waals surface area contributed by atoms with Crippen molar-refractivity contribution in [3.8, 4) is 22.6 Å². The van der Waals surface area contributed by atoms with E-state index >= 15 is 0 Å². The Balaban J connectivity index is 1.76. The second-order valence-electron chi connectivity index (χ2n) is 6.81. The number of methoxy groups -OCH3 is 1. The third kappa shape index (κ3) is 2.69. The monoisotopic (exact) mass is 382 g/mol. The third-order valence-electron chi connectivity index (χ3n) is 5.08. The number of hydrogen-bond acceptors (Lipinski definition) is 4. The van der Waals surface area contributed by atoms with Gasteiger partial charge in [0.2, 0.25) is 0 Å². The first kappa shape index (κ1) is 17.2. The van der Waals surface area contributed by atoms with E-state index in [0.29, 0.717) is 11.1 Å². The van der Waals surface area contributed by atoms with Crippen molar-refractivity contribution in [1.82, 2.24) is 19.2 Å². The van der Waals surface area contributed by atoms with Crippen LogP contribution in [0.25, 0.3) is 33.4 Å². The quantitative estimate of drug-likeness (QED) is 0.473. The van der Waals surface area contributed by atoms with Gasteiger partial charge in [0.25, 0.3) is 5.56 Å². The van der Waals surface area contributed by atoms with E-state index in [4.69, 9.17) is 4.74 Å². The highest BCUT2D eigenvalue weighted by Gasteiger charge is 2.16. The van der Waals surface area contributed by atoms with Crippen molar-refractivity contribution in [2.45, 2.75) is 6.92 Å². The fourth-order valence-corrected chi connectivity index (χ4v) is 3.68. The summed E-state index contributed by atoms with van der Waals surface area (Å²) < 4.78 is 8.62. The van der Waals surface area contributed by atoms with Crippen LogP contribution in [0.2, 0.25) is 0 Å². The van der Waals surface area contributed by atoms with E-state index < -0.39 is 0 Å². The first-order chi connectivity index (χ1) is 14.2. The molecule has 0 saturated carbocycles. The molecule has 0 radical (unpaired) electrons. The van der Waals surface area contributed by atoms with Gasteiger partial charge < -0.3 is 4.74 Å². The summed E-state index contributed by atoms with van der Waals surface area (Å²) in [6, 6.07) is 19.3. The van der Waals surface area contributed by atoms with Gasteiger partial charge in [-0.05, 0) is 30.7 Å². The first-order valence-electron chi connectivity index (χ1n) is 9.27. The molecule has 0 fully saturated rings. The van der Waals surface area contributed by atoms with E-state index in [2.05, 4.69) is 10.1 Å². The fraction of sp³-hybridized carbons (Fsp3) is 0.0870. The maximum absolute atomic E-state index is 13.2. The second-order valence-corrected chi connectivity index (χ2v) is 6.81. The number of aromatic nitrogens is 4. The molecule has 2 aromatic carbocycles. The van der Waals surface area contributed by atoms with Crippen LogP contribution in [0, 0.1) is 6.92 Å². The van der Waals surface area contributed by atoms with Gasteiger partial charge in [0.15, 0.2) is 5.65 Å². The Morgan fingerprint density at radius 3 is 2.62 bits per heavy atom. The van der Waals surface area contributed by atoms with Gasteiger partial charge in [-0.15, -0.1) is 0 Å². The summed E-state index contributed by atoms with van der Waals surface area (Å²) in [4.78, 5) is 17.8. The molecule has 0 aliphatic carbocycles. The predicted octanol–water partition coefficient (Wildman–Crippen LogP) is 4.02. The lowest BCUT2D eigenvalue weighted by atomic mass is 10.1. The highest BCUT2D eigenvalue weighted by Crippen LogP contribution is 2.28. The normalized spacial score (nSPS) is 11.2. The maximum Gasteiger partial charge on any atom is 0.266 e. The summed E-state index contributed by atoms with van der Waals surface area (Å²) in [6.45, 7) is 1.96. The zero-order chi connectivity index (χ0) is 20.0. The zero-order valence-corrected chi connectivity index (χ0v) is 16.0. The van der Waals surface area contributed by atoms with Crippen molar-refractivity contribution in [1.29, 1.82) is 0 Å². The molecule has 5 rings (SSSR count). The number of ether oxygens (including phenoxy) is 1. The van der Waals surface area contributed by atoms with Crippen molar-refractivity contribution >= 4 is 16.6 Å². The minimum atomic E-state index is -0.153. The zero-order valence-electron chi connectivity index (χ0n) is 16.0. The van der Waals surface area contributed by atoms with E-state index in [1.807, 2.05) is 67.6 Å². The van der Waals surface area contributed by atoms with E-state index in [1.165, 1.54) is 0 Å². The molecule has 0 amide bonds. The smallest absolute Gasteiger partial charge is 0.266 e. The molecular weight excluding hydrogens is 364 g/mol. The molecule has 0 unspecified atom stereocenters. The SMILES string of the molecule is COc1cccc(-n2ccc3c(cnc4c(-c5ccccc5)c(C)nn43)c2=O)c1. The molecule has 6 heteroatoms. The largest absolute Gasteiger partial charge is 0.497 e. The minimum Gasteiger partial charge on any atom is -0.497 e. The van der Waals surface area contributed by atoms with Gasteiger partial charge in [0, 0.05) is 24.0 Å². The minimum absolute atomic E-state index is 0.153. The van der Waals surface area contributed by atoms with Gasteiger partial charge in [0.05, 0.1) is 29.4 Å². The van der Waals surface area contributed by atoms with Crippen LogP contribution < -0.4 is 10.3 Å². The average Bonchev–Trinajstić information content (AvgIpc) is 3.11. The molecule has 0 spiro atoms. The Kier molecular flexibility index (Phi) is 3.91. The molecule has 6 nitrogen and oxygen atoms in total. The van der Waals surface area contributed by atoms with Crippen molar-refractivity contribution in [2.75, 3.05) is 7.11 Å². The summed E-state index contributed by atoms with van der Waals surface area (Å²) in [5, 5.41) is 5.18. The number of pyridine rings is 1. The number of aryl methyl sites for hydroxylation is 1. The molecule has 0 N–H and O–H groups in total. The molecule has 0 bridgehead atoms. The van der Waals surface area contributed by atoms with Crippen LogP contribution in [0.4, 0.5) is 0 Å². The van der Waals surface area contributed by atoms with Gasteiger partial charge in [-0.25, -0.2) is 9.50 Å². The van der Waals surface area contributed by atoms with Gasteiger partial charge in [-0.1, -0.05) is 36.4 Å². The van der Waals surface area contributed by atoms with E-state index in [0.717, 1.165) is 33.7 Å². The molecule has 0 aliphatic heterocycles. The molecule has 142 valence electrons. The standard InChI is InChI=1S/C23H18N4O2/c1-15-21(16-7-4-3-5-8-16)22-24-14-19-20(27(22)25-15)11-12-26(23(19)28)17-9-6-10-18(13-17)29-2/h3-14H,1-2H3. The highest BCUT2D eigenvalue weighted by atomic mass is 16.5. The molecule has 0 atom stereocenters. The summed E-state index contributed by atoms with van der Waals surface area (Å²) in [5.74, 6) is 0.693. The topological polar surface area (TPSA) is 61.4 Å². The van der Waals surface area contributed by atoms with Crippen LogP contribution in [0.15, 0.2) is 77.9 Å². The summed E-state index contributed by atoms with van der Waals surface area (Å²) in [7, 11) is 1.60. The summed E-state index contributed by atoms with van der Waals surface area (Å²) in [6.07, 6.45) is 3.40. The maximum atomic E-state index is 13.2. The lowest BCUT2D eigenvalue weighted by Gasteiger charge is -2.09. The van der Waals surface area contributed by atoms with Crippen molar-refractivity contribution in [3.05, 3.63) is 89.1 Å². The van der Waals surface area contributed by atoms with Crippen LogP contribution in [-0.4, -0.2) is 26.3 Å². The number of rotatable bonds is 3. The number of benzene rings is 2. The third-order valence-corrected chi connectivity index (χ3v) is 5.08. The lowest BCUT2D eigenvalue weighted by molar-refractivity contribution is 0.414. The number of fused-ring (bicyclic) bond motifs is 3. The van der Waals surface area contributed by atoms with E-state index in [1.54, 1.807) is 28.6 Å². The van der Waals surface area contributed by atoms with Crippen molar-refractivity contribution in [2.24, 2.45) is 0 Å². The van der Waals surface area contributed by atoms with Gasteiger partial charge in [0.1, 0.15) is 5.75 Å². The molecular formula is C23H18N4O2. The molecule has 0 aliphatic rings.